The first-order chi connectivity index (χ1) is 7.11. The normalized spacial score (nSPS) is 10.9. The number of methoxy groups -OCH3 is 1. The van der Waals surface area contributed by atoms with E-state index in [0.29, 0.717) is 12.3 Å². The molecule has 1 rings (SSSR count). The van der Waals surface area contributed by atoms with E-state index in [0.717, 1.165) is 16.7 Å². The quantitative estimate of drug-likeness (QED) is 0.797. The zero-order chi connectivity index (χ0) is 11.4. The topological polar surface area (TPSA) is 55.5 Å². The van der Waals surface area contributed by atoms with E-state index in [2.05, 4.69) is 0 Å². The minimum atomic E-state index is 0.172. The average Bonchev–Trinajstić information content (AvgIpc) is 2.23. The molecule has 0 saturated heterocycles. The third kappa shape index (κ3) is 2.30. The maximum absolute atomic E-state index is 9.90. The highest BCUT2D eigenvalue weighted by Crippen LogP contribution is 2.35. The molecule has 0 atom stereocenters. The van der Waals surface area contributed by atoms with E-state index in [9.17, 15) is 5.11 Å². The van der Waals surface area contributed by atoms with Crippen LogP contribution in [0.5, 0.6) is 11.5 Å². The van der Waals surface area contributed by atoms with Crippen molar-refractivity contribution in [3.05, 3.63) is 28.8 Å². The van der Waals surface area contributed by atoms with Crippen molar-refractivity contribution in [2.75, 3.05) is 13.7 Å². The van der Waals surface area contributed by atoms with Crippen molar-refractivity contribution in [2.24, 2.45) is 5.73 Å². The van der Waals surface area contributed by atoms with Gasteiger partial charge in [-0.1, -0.05) is 12.2 Å². The first-order valence-corrected chi connectivity index (χ1v) is 4.85. The lowest BCUT2D eigenvalue weighted by molar-refractivity contribution is 0.372. The number of phenolic OH excluding ortho intramolecular Hbond substituents is 1. The molecular formula is C12H17NO2. The fraction of sp³-hybridized carbons (Fsp3) is 0.333. The minimum Gasteiger partial charge on any atom is -0.504 e. The van der Waals surface area contributed by atoms with E-state index in [-0.39, 0.29) is 5.75 Å². The van der Waals surface area contributed by atoms with Gasteiger partial charge in [-0.3, -0.25) is 0 Å². The van der Waals surface area contributed by atoms with Gasteiger partial charge in [0.15, 0.2) is 11.5 Å². The van der Waals surface area contributed by atoms with Crippen molar-refractivity contribution in [1.29, 1.82) is 0 Å². The van der Waals surface area contributed by atoms with Crippen LogP contribution in [-0.2, 0) is 0 Å². The molecule has 0 bridgehead atoms. The van der Waals surface area contributed by atoms with Gasteiger partial charge >= 0.3 is 0 Å². The molecule has 0 aliphatic heterocycles. The predicted octanol–water partition coefficient (Wildman–Crippen LogP) is 1.99. The zero-order valence-electron chi connectivity index (χ0n) is 9.37. The van der Waals surface area contributed by atoms with Crippen LogP contribution < -0.4 is 10.5 Å². The van der Waals surface area contributed by atoms with Gasteiger partial charge < -0.3 is 15.6 Å². The Morgan fingerprint density at radius 2 is 2.13 bits per heavy atom. The van der Waals surface area contributed by atoms with Crippen LogP contribution in [0.4, 0.5) is 0 Å². The molecule has 0 radical (unpaired) electrons. The van der Waals surface area contributed by atoms with E-state index in [4.69, 9.17) is 10.5 Å². The Morgan fingerprint density at radius 1 is 1.47 bits per heavy atom. The average molecular weight is 207 g/mol. The van der Waals surface area contributed by atoms with Crippen molar-refractivity contribution in [3.8, 4) is 11.5 Å². The van der Waals surface area contributed by atoms with Crippen molar-refractivity contribution >= 4 is 6.08 Å². The molecule has 0 aliphatic rings. The Morgan fingerprint density at radius 3 is 2.67 bits per heavy atom. The molecule has 3 heteroatoms. The van der Waals surface area contributed by atoms with Gasteiger partial charge in [-0.2, -0.15) is 0 Å². The Labute approximate surface area is 90.2 Å². The third-order valence-corrected chi connectivity index (χ3v) is 2.47. The molecule has 0 fully saturated rings. The standard InChI is InChI=1S/C12H17NO2/c1-8-7-11(15-3)12(14)10(9(8)2)5-4-6-13/h4-5,7,14H,6,13H2,1-3H3/b5-4+. The van der Waals surface area contributed by atoms with Gasteiger partial charge in [-0.05, 0) is 31.0 Å². The molecule has 3 N–H and O–H groups in total. The number of aryl methyl sites for hydroxylation is 1. The summed E-state index contributed by atoms with van der Waals surface area (Å²) >= 11 is 0. The van der Waals surface area contributed by atoms with Gasteiger partial charge in [0.2, 0.25) is 0 Å². The lowest BCUT2D eigenvalue weighted by Gasteiger charge is -2.11. The molecule has 3 nitrogen and oxygen atoms in total. The summed E-state index contributed by atoms with van der Waals surface area (Å²) in [6.07, 6.45) is 3.63. The lowest BCUT2D eigenvalue weighted by atomic mass is 10.0. The highest BCUT2D eigenvalue weighted by atomic mass is 16.5. The fourth-order valence-electron chi connectivity index (χ4n) is 1.44. The number of nitrogens with two attached hydrogens (primary N) is 1. The summed E-state index contributed by atoms with van der Waals surface area (Å²) in [6, 6.07) is 1.82. The van der Waals surface area contributed by atoms with Crippen LogP contribution >= 0.6 is 0 Å². The molecule has 0 aliphatic carbocycles. The molecule has 15 heavy (non-hydrogen) atoms. The Balaban J connectivity index is 3.33. The number of benzene rings is 1. The second-order valence-electron chi connectivity index (χ2n) is 3.42. The minimum absolute atomic E-state index is 0.172. The first kappa shape index (κ1) is 11.6. The third-order valence-electron chi connectivity index (χ3n) is 2.47. The summed E-state index contributed by atoms with van der Waals surface area (Å²) in [7, 11) is 1.54. The maximum atomic E-state index is 9.90. The van der Waals surface area contributed by atoms with Crippen LogP contribution in [0.15, 0.2) is 12.1 Å². The number of ether oxygens (including phenoxy) is 1. The highest BCUT2D eigenvalue weighted by Gasteiger charge is 2.10. The van der Waals surface area contributed by atoms with Crippen LogP contribution in [0, 0.1) is 13.8 Å². The Bertz CT molecular complexity index is 384. The number of hydrogen-bond donors (Lipinski definition) is 2. The molecule has 1 aromatic rings. The van der Waals surface area contributed by atoms with Crippen LogP contribution in [-0.4, -0.2) is 18.8 Å². The van der Waals surface area contributed by atoms with E-state index in [1.54, 1.807) is 13.2 Å². The Hall–Kier alpha value is -1.48. The molecule has 0 heterocycles. The van der Waals surface area contributed by atoms with Crippen molar-refractivity contribution < 1.29 is 9.84 Å². The predicted molar refractivity (Wildman–Crippen MR) is 62.2 cm³/mol. The number of rotatable bonds is 3. The van der Waals surface area contributed by atoms with Crippen LogP contribution in [0.2, 0.25) is 0 Å². The maximum Gasteiger partial charge on any atom is 0.165 e. The summed E-state index contributed by atoms with van der Waals surface area (Å²) in [5, 5.41) is 9.90. The van der Waals surface area contributed by atoms with Gasteiger partial charge in [0.25, 0.3) is 0 Å². The van der Waals surface area contributed by atoms with Crippen molar-refractivity contribution in [3.63, 3.8) is 0 Å². The van der Waals surface area contributed by atoms with E-state index in [1.807, 2.05) is 26.0 Å². The summed E-state index contributed by atoms with van der Waals surface area (Å²) in [6.45, 7) is 4.40. The summed E-state index contributed by atoms with van der Waals surface area (Å²) in [5.41, 5.74) is 8.29. The van der Waals surface area contributed by atoms with Gasteiger partial charge in [0.05, 0.1) is 7.11 Å². The van der Waals surface area contributed by atoms with E-state index in [1.165, 1.54) is 0 Å². The molecule has 0 unspecified atom stereocenters. The van der Waals surface area contributed by atoms with Gasteiger partial charge in [-0.15, -0.1) is 0 Å². The van der Waals surface area contributed by atoms with E-state index < -0.39 is 0 Å². The molecule has 0 aromatic heterocycles. The summed E-state index contributed by atoms with van der Waals surface area (Å²) < 4.78 is 5.09. The van der Waals surface area contributed by atoms with Gasteiger partial charge in [0, 0.05) is 12.1 Å². The van der Waals surface area contributed by atoms with Crippen LogP contribution in [0.1, 0.15) is 16.7 Å². The molecule has 0 amide bonds. The molecular weight excluding hydrogens is 190 g/mol. The van der Waals surface area contributed by atoms with Crippen molar-refractivity contribution in [2.45, 2.75) is 13.8 Å². The largest absolute Gasteiger partial charge is 0.504 e. The number of aromatic hydroxyl groups is 1. The van der Waals surface area contributed by atoms with Crippen LogP contribution in [0.25, 0.3) is 6.08 Å². The molecule has 0 spiro atoms. The molecule has 0 saturated carbocycles. The fourth-order valence-corrected chi connectivity index (χ4v) is 1.44. The number of phenols is 1. The molecule has 82 valence electrons. The van der Waals surface area contributed by atoms with Gasteiger partial charge in [-0.25, -0.2) is 0 Å². The molecule has 1 aromatic carbocycles. The summed E-state index contributed by atoms with van der Waals surface area (Å²) in [4.78, 5) is 0. The smallest absolute Gasteiger partial charge is 0.165 e. The second kappa shape index (κ2) is 4.84. The van der Waals surface area contributed by atoms with Gasteiger partial charge in [0.1, 0.15) is 0 Å². The monoisotopic (exact) mass is 207 g/mol. The number of hydrogen-bond acceptors (Lipinski definition) is 3. The SMILES string of the molecule is COc1cc(C)c(C)c(/C=C/CN)c1O. The first-order valence-electron chi connectivity index (χ1n) is 4.85. The van der Waals surface area contributed by atoms with E-state index >= 15 is 0 Å². The highest BCUT2D eigenvalue weighted by molar-refractivity contribution is 5.67. The zero-order valence-corrected chi connectivity index (χ0v) is 9.37. The van der Waals surface area contributed by atoms with Crippen LogP contribution in [0.3, 0.4) is 0 Å². The van der Waals surface area contributed by atoms with Crippen molar-refractivity contribution in [1.82, 2.24) is 0 Å². The Kier molecular flexibility index (Phi) is 3.74. The summed E-state index contributed by atoms with van der Waals surface area (Å²) in [5.74, 6) is 0.667. The lowest BCUT2D eigenvalue weighted by Crippen LogP contribution is -1.95. The second-order valence-corrected chi connectivity index (χ2v) is 3.42.